The van der Waals surface area contributed by atoms with Crippen LogP contribution in [0.25, 0.3) is 10.9 Å². The van der Waals surface area contributed by atoms with E-state index in [9.17, 15) is 14.0 Å². The van der Waals surface area contributed by atoms with E-state index >= 15 is 0 Å². The van der Waals surface area contributed by atoms with Gasteiger partial charge in [-0.15, -0.1) is 0 Å². The number of nitrogens with zero attached hydrogens (tertiary/aromatic N) is 2. The fraction of sp³-hybridized carbons (Fsp3) is 0.400. The molecule has 1 aromatic carbocycles. The minimum absolute atomic E-state index is 0.0696. The largest absolute Gasteiger partial charge is 0.345 e. The number of hydrogen-bond donors (Lipinski definition) is 0. The summed E-state index contributed by atoms with van der Waals surface area (Å²) >= 11 is 0. The summed E-state index contributed by atoms with van der Waals surface area (Å²) in [7, 11) is 0. The minimum atomic E-state index is -0.532. The first-order chi connectivity index (χ1) is 12.0. The molecule has 1 unspecified atom stereocenters. The topological polar surface area (TPSA) is 42.3 Å². The van der Waals surface area contributed by atoms with Gasteiger partial charge in [-0.1, -0.05) is 6.92 Å². The maximum absolute atomic E-state index is 14.7. The lowest BCUT2D eigenvalue weighted by atomic mass is 9.93. The zero-order valence-corrected chi connectivity index (χ0v) is 14.5. The van der Waals surface area contributed by atoms with Gasteiger partial charge in [0.1, 0.15) is 5.82 Å². The molecule has 1 aromatic heterocycles. The first-order valence-corrected chi connectivity index (χ1v) is 8.93. The first kappa shape index (κ1) is 16.1. The Morgan fingerprint density at radius 3 is 2.36 bits per heavy atom. The lowest BCUT2D eigenvalue weighted by molar-refractivity contribution is -0.120. The van der Waals surface area contributed by atoms with Crippen LogP contribution in [0.15, 0.2) is 35.5 Å². The van der Waals surface area contributed by atoms with Crippen molar-refractivity contribution in [1.82, 2.24) is 4.57 Å². The molecular formula is C20H21FN2O2. The van der Waals surface area contributed by atoms with E-state index in [0.717, 1.165) is 35.1 Å². The van der Waals surface area contributed by atoms with Gasteiger partial charge >= 0.3 is 0 Å². The zero-order chi connectivity index (χ0) is 17.7. The summed E-state index contributed by atoms with van der Waals surface area (Å²) < 4.78 is 16.8. The lowest BCUT2D eigenvalue weighted by Crippen LogP contribution is -2.32. The average molecular weight is 340 g/mol. The quantitative estimate of drug-likeness (QED) is 0.772. The molecule has 2 aliphatic rings. The van der Waals surface area contributed by atoms with Gasteiger partial charge in [-0.05, 0) is 57.2 Å². The highest BCUT2D eigenvalue weighted by Crippen LogP contribution is 2.38. The molecule has 1 atom stereocenters. The molecule has 4 rings (SSSR count). The number of anilines is 1. The molecule has 0 N–H and O–H groups in total. The number of aromatic nitrogens is 1. The van der Waals surface area contributed by atoms with Crippen LogP contribution in [0.2, 0.25) is 0 Å². The predicted octanol–water partition coefficient (Wildman–Crippen LogP) is 4.50. The summed E-state index contributed by atoms with van der Waals surface area (Å²) in [4.78, 5) is 26.5. The van der Waals surface area contributed by atoms with E-state index in [2.05, 4.69) is 18.4 Å². The number of rotatable bonds is 3. The highest BCUT2D eigenvalue weighted by atomic mass is 19.1. The van der Waals surface area contributed by atoms with Gasteiger partial charge in [0, 0.05) is 28.8 Å². The Kier molecular flexibility index (Phi) is 3.74. The van der Waals surface area contributed by atoms with E-state index in [0.29, 0.717) is 24.0 Å². The predicted molar refractivity (Wildman–Crippen MR) is 94.9 cm³/mol. The zero-order valence-electron chi connectivity index (χ0n) is 14.5. The highest BCUT2D eigenvalue weighted by Gasteiger charge is 2.40. The van der Waals surface area contributed by atoms with Crippen molar-refractivity contribution in [2.24, 2.45) is 0 Å². The highest BCUT2D eigenvalue weighted by molar-refractivity contribution is 6.33. The van der Waals surface area contributed by atoms with Crippen LogP contribution in [0, 0.1) is 5.82 Å². The molecular weight excluding hydrogens is 319 g/mol. The van der Waals surface area contributed by atoms with Crippen molar-refractivity contribution >= 4 is 28.4 Å². The lowest BCUT2D eigenvalue weighted by Gasteiger charge is -2.18. The fourth-order valence-corrected chi connectivity index (χ4v) is 3.87. The molecule has 5 heteroatoms. The van der Waals surface area contributed by atoms with Crippen LogP contribution in [0.3, 0.4) is 0 Å². The van der Waals surface area contributed by atoms with Gasteiger partial charge in [-0.2, -0.15) is 0 Å². The van der Waals surface area contributed by atoms with Gasteiger partial charge in [-0.3, -0.25) is 9.59 Å². The van der Waals surface area contributed by atoms with Crippen LogP contribution in [-0.2, 0) is 9.59 Å². The second-order valence-corrected chi connectivity index (χ2v) is 6.95. The van der Waals surface area contributed by atoms with E-state index in [1.54, 1.807) is 6.07 Å². The Labute approximate surface area is 145 Å². The van der Waals surface area contributed by atoms with Crippen LogP contribution >= 0.6 is 0 Å². The first-order valence-electron chi connectivity index (χ1n) is 8.93. The average Bonchev–Trinajstić information content (AvgIpc) is 3.13. The van der Waals surface area contributed by atoms with Crippen LogP contribution in [0.1, 0.15) is 52.0 Å². The molecule has 1 aliphatic heterocycles. The molecule has 0 fully saturated rings. The molecule has 1 aliphatic carbocycles. The second kappa shape index (κ2) is 5.83. The van der Waals surface area contributed by atoms with Crippen molar-refractivity contribution in [3.63, 3.8) is 0 Å². The Hall–Kier alpha value is -2.43. The van der Waals surface area contributed by atoms with Gasteiger partial charge in [0.25, 0.3) is 11.8 Å². The van der Waals surface area contributed by atoms with Gasteiger partial charge in [0.15, 0.2) is 0 Å². The molecule has 130 valence electrons. The normalized spacial score (nSPS) is 19.1. The summed E-state index contributed by atoms with van der Waals surface area (Å²) in [5.41, 5.74) is 2.07. The number of carbonyl (C=O) groups is 2. The molecule has 25 heavy (non-hydrogen) atoms. The van der Waals surface area contributed by atoms with Crippen LogP contribution in [0.4, 0.5) is 10.1 Å². The van der Waals surface area contributed by atoms with Crippen LogP contribution in [0.5, 0.6) is 0 Å². The maximum Gasteiger partial charge on any atom is 0.261 e. The van der Waals surface area contributed by atoms with Gasteiger partial charge < -0.3 is 4.57 Å². The Balaban J connectivity index is 1.83. The second-order valence-electron chi connectivity index (χ2n) is 6.95. The van der Waals surface area contributed by atoms with E-state index < -0.39 is 5.82 Å². The summed E-state index contributed by atoms with van der Waals surface area (Å²) in [6, 6.07) is 5.18. The summed E-state index contributed by atoms with van der Waals surface area (Å²) in [5, 5.41) is 0.776. The third kappa shape index (κ3) is 2.33. The molecule has 0 radical (unpaired) electrons. The Morgan fingerprint density at radius 1 is 1.12 bits per heavy atom. The maximum atomic E-state index is 14.7. The van der Waals surface area contributed by atoms with Crippen LogP contribution < -0.4 is 4.90 Å². The number of benzene rings is 1. The SMILES string of the molecule is CCC(C)n1ccc2cc(F)c(N3C(=O)C4=C(CCCC4)C3=O)cc21. The number of hydrogen-bond acceptors (Lipinski definition) is 2. The summed E-state index contributed by atoms with van der Waals surface area (Å²) in [5.74, 6) is -1.23. The van der Waals surface area contributed by atoms with Crippen molar-refractivity contribution in [2.75, 3.05) is 4.90 Å². The number of carbonyl (C=O) groups excluding carboxylic acids is 2. The fourth-order valence-electron chi connectivity index (χ4n) is 3.87. The molecule has 0 saturated carbocycles. The number of amides is 2. The van der Waals surface area contributed by atoms with E-state index in [-0.39, 0.29) is 23.5 Å². The monoisotopic (exact) mass is 340 g/mol. The number of fused-ring (bicyclic) bond motifs is 1. The van der Waals surface area contributed by atoms with Gasteiger partial charge in [0.05, 0.1) is 11.2 Å². The molecule has 2 aromatic rings. The standard InChI is InChI=1S/C20H21FN2O2/c1-3-12(2)22-9-8-13-10-16(21)18(11-17(13)22)23-19(24)14-6-4-5-7-15(14)20(23)25/h8-12H,3-7H2,1-2H3. The third-order valence-corrected chi connectivity index (χ3v) is 5.49. The van der Waals surface area contributed by atoms with E-state index in [4.69, 9.17) is 0 Å². The summed E-state index contributed by atoms with van der Waals surface area (Å²) in [6.07, 6.45) is 5.91. The third-order valence-electron chi connectivity index (χ3n) is 5.49. The summed E-state index contributed by atoms with van der Waals surface area (Å²) in [6.45, 7) is 4.18. The van der Waals surface area contributed by atoms with Crippen molar-refractivity contribution in [2.45, 2.75) is 52.0 Å². The molecule has 0 bridgehead atoms. The van der Waals surface area contributed by atoms with Crippen molar-refractivity contribution in [3.05, 3.63) is 41.4 Å². The molecule has 2 heterocycles. The Bertz CT molecular complexity index is 897. The van der Waals surface area contributed by atoms with E-state index in [1.165, 1.54) is 6.07 Å². The van der Waals surface area contributed by atoms with E-state index in [1.807, 2.05) is 12.3 Å². The molecule has 2 amide bonds. The van der Waals surface area contributed by atoms with Crippen molar-refractivity contribution in [1.29, 1.82) is 0 Å². The molecule has 4 nitrogen and oxygen atoms in total. The molecule has 0 saturated heterocycles. The number of imide groups is 1. The smallest absolute Gasteiger partial charge is 0.261 e. The Morgan fingerprint density at radius 2 is 1.76 bits per heavy atom. The van der Waals surface area contributed by atoms with Gasteiger partial charge in [0.2, 0.25) is 0 Å². The minimum Gasteiger partial charge on any atom is -0.345 e. The van der Waals surface area contributed by atoms with Crippen molar-refractivity contribution < 1.29 is 14.0 Å². The molecule has 0 spiro atoms. The van der Waals surface area contributed by atoms with Gasteiger partial charge in [-0.25, -0.2) is 9.29 Å². The number of halogens is 1. The van der Waals surface area contributed by atoms with Crippen LogP contribution in [-0.4, -0.2) is 16.4 Å². The van der Waals surface area contributed by atoms with Crippen molar-refractivity contribution in [3.8, 4) is 0 Å².